The summed E-state index contributed by atoms with van der Waals surface area (Å²) >= 11 is 0. The van der Waals surface area contributed by atoms with E-state index in [0.717, 1.165) is 6.54 Å². The van der Waals surface area contributed by atoms with Gasteiger partial charge < -0.3 is 0 Å². The minimum atomic E-state index is 0.644. The number of unbranched alkanes of at least 4 members (excludes halogenated alkanes) is 13. The molecule has 0 spiro atoms. The van der Waals surface area contributed by atoms with Crippen molar-refractivity contribution >= 4 is 0 Å². The van der Waals surface area contributed by atoms with Crippen molar-refractivity contribution in [3.63, 3.8) is 0 Å². The summed E-state index contributed by atoms with van der Waals surface area (Å²) in [4.78, 5) is 0. The van der Waals surface area contributed by atoms with Gasteiger partial charge in [-0.05, 0) is 26.2 Å². The predicted octanol–water partition coefficient (Wildman–Crippen LogP) is 7.62. The maximum atomic E-state index is 2.39. The number of hydrogen-bond acceptors (Lipinski definition) is 0. The molecule has 0 radical (unpaired) electrons. The van der Waals surface area contributed by atoms with Crippen LogP contribution in [0, 0.1) is 0 Å². The van der Waals surface area contributed by atoms with Crippen molar-refractivity contribution in [2.45, 2.75) is 136 Å². The van der Waals surface area contributed by atoms with Crippen molar-refractivity contribution in [2.24, 2.45) is 0 Å². The summed E-state index contributed by atoms with van der Waals surface area (Å²) < 4.78 is 4.69. The Morgan fingerprint density at radius 2 is 1.19 bits per heavy atom. The summed E-state index contributed by atoms with van der Waals surface area (Å²) in [6, 6.07) is 0.644. The van der Waals surface area contributed by atoms with E-state index in [0.29, 0.717) is 6.04 Å². The average molecular weight is 364 g/mol. The summed E-state index contributed by atoms with van der Waals surface area (Å²) in [5.74, 6) is 0. The molecule has 0 aliphatic carbocycles. The predicted molar refractivity (Wildman–Crippen MR) is 115 cm³/mol. The first-order valence-electron chi connectivity index (χ1n) is 11.8. The number of aromatic nitrogens is 2. The number of imidazole rings is 1. The number of rotatable bonds is 18. The molecule has 0 bridgehead atoms. The summed E-state index contributed by atoms with van der Waals surface area (Å²) in [5, 5.41) is 0. The van der Waals surface area contributed by atoms with Gasteiger partial charge in [0.05, 0.1) is 12.6 Å². The van der Waals surface area contributed by atoms with Crippen LogP contribution < -0.4 is 4.57 Å². The average Bonchev–Trinajstić information content (AvgIpc) is 3.11. The summed E-state index contributed by atoms with van der Waals surface area (Å²) in [7, 11) is 0. The minimum Gasteiger partial charge on any atom is -0.237 e. The molecule has 0 saturated heterocycles. The first-order valence-corrected chi connectivity index (χ1v) is 11.8. The van der Waals surface area contributed by atoms with Gasteiger partial charge in [0.25, 0.3) is 0 Å². The van der Waals surface area contributed by atoms with E-state index >= 15 is 0 Å². The molecule has 0 N–H and O–H groups in total. The van der Waals surface area contributed by atoms with E-state index in [9.17, 15) is 0 Å². The van der Waals surface area contributed by atoms with Crippen molar-refractivity contribution in [1.29, 1.82) is 0 Å². The maximum Gasteiger partial charge on any atom is 0.243 e. The van der Waals surface area contributed by atoms with Crippen LogP contribution >= 0.6 is 0 Å². The van der Waals surface area contributed by atoms with Crippen molar-refractivity contribution in [1.82, 2.24) is 4.57 Å². The van der Waals surface area contributed by atoms with Crippen LogP contribution in [0.5, 0.6) is 0 Å². The van der Waals surface area contributed by atoms with Gasteiger partial charge in [-0.15, -0.1) is 0 Å². The molecule has 26 heavy (non-hydrogen) atoms. The lowest BCUT2D eigenvalue weighted by atomic mass is 10.0. The SMILES string of the molecule is CCCCCCCCCCCCCCCCC(C)n1cc[n+](CCC)c1. The number of nitrogens with zero attached hydrogens (tertiary/aromatic N) is 2. The van der Waals surface area contributed by atoms with Crippen molar-refractivity contribution < 1.29 is 4.57 Å². The molecule has 1 atom stereocenters. The van der Waals surface area contributed by atoms with Crippen LogP contribution in [0.4, 0.5) is 0 Å². The molecule has 0 aliphatic rings. The van der Waals surface area contributed by atoms with Crippen molar-refractivity contribution in [2.75, 3.05) is 0 Å². The van der Waals surface area contributed by atoms with Gasteiger partial charge in [0.2, 0.25) is 6.33 Å². The highest BCUT2D eigenvalue weighted by Gasteiger charge is 2.10. The van der Waals surface area contributed by atoms with E-state index in [1.807, 2.05) is 0 Å². The monoisotopic (exact) mass is 363 g/mol. The molecule has 2 heteroatoms. The summed E-state index contributed by atoms with van der Waals surface area (Å²) in [5.41, 5.74) is 0. The molecule has 0 fully saturated rings. The standard InChI is InChI=1S/C24H47N2/c1-4-6-7-8-9-10-11-12-13-14-15-16-17-18-19-24(3)26-22-21-25(23-26)20-5-2/h21-24H,4-20H2,1-3H3/q+1. The quantitative estimate of drug-likeness (QED) is 0.187. The fourth-order valence-corrected chi connectivity index (χ4v) is 3.85. The number of hydrogen-bond donors (Lipinski definition) is 0. The van der Waals surface area contributed by atoms with E-state index in [1.54, 1.807) is 0 Å². The van der Waals surface area contributed by atoms with E-state index in [-0.39, 0.29) is 0 Å². The fourth-order valence-electron chi connectivity index (χ4n) is 3.85. The van der Waals surface area contributed by atoms with Gasteiger partial charge in [-0.2, -0.15) is 0 Å². The second-order valence-electron chi connectivity index (χ2n) is 8.33. The first-order chi connectivity index (χ1) is 12.8. The van der Waals surface area contributed by atoms with Gasteiger partial charge in [-0.25, -0.2) is 9.13 Å². The third-order valence-corrected chi connectivity index (χ3v) is 5.68. The second kappa shape index (κ2) is 16.4. The van der Waals surface area contributed by atoms with E-state index in [4.69, 9.17) is 0 Å². The highest BCUT2D eigenvalue weighted by Crippen LogP contribution is 2.17. The molecule has 0 saturated carbocycles. The molecule has 1 rings (SSSR count). The Morgan fingerprint density at radius 3 is 1.69 bits per heavy atom. The highest BCUT2D eigenvalue weighted by molar-refractivity contribution is 4.72. The van der Waals surface area contributed by atoms with E-state index < -0.39 is 0 Å². The summed E-state index contributed by atoms with van der Waals surface area (Å²) in [6.45, 7) is 8.03. The fraction of sp³-hybridized carbons (Fsp3) is 0.875. The molecule has 1 aromatic rings. The summed E-state index contributed by atoms with van der Waals surface area (Å²) in [6.07, 6.45) is 29.5. The Hall–Kier alpha value is -0.790. The van der Waals surface area contributed by atoms with Gasteiger partial charge in [0.1, 0.15) is 12.4 Å². The Morgan fingerprint density at radius 1 is 0.692 bits per heavy atom. The van der Waals surface area contributed by atoms with E-state index in [2.05, 4.69) is 48.6 Å². The van der Waals surface area contributed by atoms with Crippen LogP contribution in [0.3, 0.4) is 0 Å². The Bertz CT molecular complexity index is 410. The highest BCUT2D eigenvalue weighted by atomic mass is 15.1. The van der Waals surface area contributed by atoms with Crippen LogP contribution in [0.1, 0.15) is 130 Å². The lowest BCUT2D eigenvalue weighted by Gasteiger charge is -2.08. The van der Waals surface area contributed by atoms with Crippen molar-refractivity contribution in [3.05, 3.63) is 18.7 Å². The first kappa shape index (κ1) is 23.2. The molecule has 1 aromatic heterocycles. The Balaban J connectivity index is 1.85. The van der Waals surface area contributed by atoms with Gasteiger partial charge >= 0.3 is 0 Å². The molecular formula is C24H47N2+. The van der Waals surface area contributed by atoms with Gasteiger partial charge in [-0.1, -0.05) is 97.3 Å². The van der Waals surface area contributed by atoms with Crippen LogP contribution in [0.25, 0.3) is 0 Å². The molecular weight excluding hydrogens is 316 g/mol. The third-order valence-electron chi connectivity index (χ3n) is 5.68. The van der Waals surface area contributed by atoms with Gasteiger partial charge in [0.15, 0.2) is 0 Å². The van der Waals surface area contributed by atoms with Crippen LogP contribution in [-0.2, 0) is 6.54 Å². The molecule has 0 amide bonds. The lowest BCUT2D eigenvalue weighted by Crippen LogP contribution is -2.30. The van der Waals surface area contributed by atoms with Gasteiger partial charge in [-0.3, -0.25) is 0 Å². The minimum absolute atomic E-state index is 0.644. The van der Waals surface area contributed by atoms with E-state index in [1.165, 1.54) is 103 Å². The zero-order chi connectivity index (χ0) is 18.9. The molecule has 2 nitrogen and oxygen atoms in total. The molecule has 1 unspecified atom stereocenters. The lowest BCUT2D eigenvalue weighted by molar-refractivity contribution is -0.696. The Labute approximate surface area is 164 Å². The zero-order valence-corrected chi connectivity index (χ0v) is 18.2. The topological polar surface area (TPSA) is 8.81 Å². The van der Waals surface area contributed by atoms with Crippen LogP contribution in [0.2, 0.25) is 0 Å². The maximum absolute atomic E-state index is 2.39. The number of aryl methyl sites for hydroxylation is 1. The Kier molecular flexibility index (Phi) is 14.7. The largest absolute Gasteiger partial charge is 0.243 e. The van der Waals surface area contributed by atoms with Crippen molar-refractivity contribution in [3.8, 4) is 0 Å². The molecule has 0 aromatic carbocycles. The van der Waals surface area contributed by atoms with Gasteiger partial charge in [0, 0.05) is 0 Å². The molecule has 152 valence electrons. The van der Waals surface area contributed by atoms with Crippen LogP contribution in [-0.4, -0.2) is 4.57 Å². The molecule has 0 aliphatic heterocycles. The second-order valence-corrected chi connectivity index (χ2v) is 8.33. The zero-order valence-electron chi connectivity index (χ0n) is 18.2. The third kappa shape index (κ3) is 11.8. The normalized spacial score (nSPS) is 12.6. The van der Waals surface area contributed by atoms with Crippen LogP contribution in [0.15, 0.2) is 18.7 Å². The molecule has 1 heterocycles. The smallest absolute Gasteiger partial charge is 0.237 e.